The van der Waals surface area contributed by atoms with Crippen LogP contribution >= 0.6 is 0 Å². The van der Waals surface area contributed by atoms with Gasteiger partial charge in [-0.1, -0.05) is 6.42 Å². The largest absolute Gasteiger partial charge is 0.396 e. The molecule has 0 spiro atoms. The molecule has 2 N–H and O–H groups in total. The maximum absolute atomic E-state index is 11.5. The summed E-state index contributed by atoms with van der Waals surface area (Å²) in [7, 11) is 0. The van der Waals surface area contributed by atoms with E-state index >= 15 is 0 Å². The lowest BCUT2D eigenvalue weighted by molar-refractivity contribution is -0.121. The van der Waals surface area contributed by atoms with Gasteiger partial charge < -0.3 is 10.4 Å². The molecule has 2 aliphatic carbocycles. The van der Waals surface area contributed by atoms with Gasteiger partial charge in [-0.3, -0.25) is 4.79 Å². The van der Waals surface area contributed by atoms with Crippen molar-refractivity contribution in [2.45, 2.75) is 38.5 Å². The summed E-state index contributed by atoms with van der Waals surface area (Å²) < 4.78 is 0. The first kappa shape index (κ1) is 10.9. The van der Waals surface area contributed by atoms with Crippen LogP contribution in [0.25, 0.3) is 0 Å². The Bertz CT molecular complexity index is 226. The SMILES string of the molecule is O=C(CC1CC1)NCC1CCCC1CO. The summed E-state index contributed by atoms with van der Waals surface area (Å²) in [6, 6.07) is 0. The molecule has 2 saturated carbocycles. The molecule has 2 unspecified atom stereocenters. The maximum Gasteiger partial charge on any atom is 0.220 e. The van der Waals surface area contributed by atoms with Crippen LogP contribution in [0.4, 0.5) is 0 Å². The van der Waals surface area contributed by atoms with Crippen LogP contribution < -0.4 is 5.32 Å². The summed E-state index contributed by atoms with van der Waals surface area (Å²) in [5, 5.41) is 12.2. The van der Waals surface area contributed by atoms with Gasteiger partial charge in [-0.25, -0.2) is 0 Å². The van der Waals surface area contributed by atoms with Crippen molar-refractivity contribution < 1.29 is 9.90 Å². The number of amides is 1. The first-order valence-corrected chi connectivity index (χ1v) is 6.17. The predicted molar refractivity (Wildman–Crippen MR) is 58.3 cm³/mol. The van der Waals surface area contributed by atoms with Crippen LogP contribution in [-0.2, 0) is 4.79 Å². The highest BCUT2D eigenvalue weighted by atomic mass is 16.3. The van der Waals surface area contributed by atoms with E-state index in [2.05, 4.69) is 5.32 Å². The molecule has 0 aliphatic heterocycles. The zero-order valence-corrected chi connectivity index (χ0v) is 9.24. The van der Waals surface area contributed by atoms with E-state index in [0.717, 1.165) is 25.8 Å². The number of aliphatic hydroxyl groups excluding tert-OH is 1. The minimum atomic E-state index is 0.209. The lowest BCUT2D eigenvalue weighted by atomic mass is 9.97. The van der Waals surface area contributed by atoms with Crippen molar-refractivity contribution in [1.29, 1.82) is 0 Å². The number of carbonyl (C=O) groups excluding carboxylic acids is 1. The molecule has 0 heterocycles. The van der Waals surface area contributed by atoms with Gasteiger partial charge in [-0.05, 0) is 43.4 Å². The van der Waals surface area contributed by atoms with Gasteiger partial charge in [0, 0.05) is 19.6 Å². The van der Waals surface area contributed by atoms with Crippen LogP contribution in [0.1, 0.15) is 38.5 Å². The standard InChI is InChI=1S/C12H21NO2/c14-8-11-3-1-2-10(11)7-13-12(15)6-9-4-5-9/h9-11,14H,1-8H2,(H,13,15). The lowest BCUT2D eigenvalue weighted by Gasteiger charge is -2.17. The van der Waals surface area contributed by atoms with Crippen molar-refractivity contribution in [3.63, 3.8) is 0 Å². The van der Waals surface area contributed by atoms with E-state index in [4.69, 9.17) is 5.11 Å². The van der Waals surface area contributed by atoms with Gasteiger partial charge in [-0.15, -0.1) is 0 Å². The molecule has 86 valence electrons. The van der Waals surface area contributed by atoms with E-state index in [1.165, 1.54) is 19.3 Å². The average Bonchev–Trinajstić information content (AvgIpc) is 2.92. The minimum absolute atomic E-state index is 0.209. The molecule has 0 aromatic carbocycles. The molecule has 0 radical (unpaired) electrons. The van der Waals surface area contributed by atoms with Crippen LogP contribution in [0.5, 0.6) is 0 Å². The van der Waals surface area contributed by atoms with Crippen LogP contribution in [0.15, 0.2) is 0 Å². The third kappa shape index (κ3) is 3.20. The van der Waals surface area contributed by atoms with Crippen LogP contribution in [0.3, 0.4) is 0 Å². The van der Waals surface area contributed by atoms with E-state index in [1.54, 1.807) is 0 Å². The number of rotatable bonds is 5. The van der Waals surface area contributed by atoms with Crippen LogP contribution in [-0.4, -0.2) is 24.2 Å². The molecule has 0 saturated heterocycles. The van der Waals surface area contributed by atoms with Crippen molar-refractivity contribution in [2.24, 2.45) is 17.8 Å². The number of nitrogens with one attached hydrogen (secondary N) is 1. The number of hydrogen-bond donors (Lipinski definition) is 2. The molecule has 2 fully saturated rings. The Kier molecular flexibility index (Phi) is 3.62. The first-order chi connectivity index (χ1) is 7.29. The fraction of sp³-hybridized carbons (Fsp3) is 0.917. The predicted octanol–water partition coefficient (Wildman–Crippen LogP) is 1.31. The second kappa shape index (κ2) is 4.97. The highest BCUT2D eigenvalue weighted by Crippen LogP contribution is 2.33. The lowest BCUT2D eigenvalue weighted by Crippen LogP contribution is -2.31. The molecular formula is C12H21NO2. The van der Waals surface area contributed by atoms with Crippen molar-refractivity contribution in [3.8, 4) is 0 Å². The monoisotopic (exact) mass is 211 g/mol. The summed E-state index contributed by atoms with van der Waals surface area (Å²) in [6.07, 6.45) is 6.67. The van der Waals surface area contributed by atoms with E-state index in [-0.39, 0.29) is 12.5 Å². The molecule has 0 aromatic rings. The quantitative estimate of drug-likeness (QED) is 0.720. The van der Waals surface area contributed by atoms with E-state index in [1.807, 2.05) is 0 Å². The third-order valence-electron chi connectivity index (χ3n) is 3.78. The Labute approximate surface area is 91.2 Å². The van der Waals surface area contributed by atoms with Crippen LogP contribution in [0.2, 0.25) is 0 Å². The minimum Gasteiger partial charge on any atom is -0.396 e. The van der Waals surface area contributed by atoms with E-state index < -0.39 is 0 Å². The molecule has 2 rings (SSSR count). The molecule has 3 nitrogen and oxygen atoms in total. The van der Waals surface area contributed by atoms with Crippen LogP contribution in [0, 0.1) is 17.8 Å². The summed E-state index contributed by atoms with van der Waals surface area (Å²) in [6.45, 7) is 1.06. The van der Waals surface area contributed by atoms with Crippen molar-refractivity contribution in [3.05, 3.63) is 0 Å². The van der Waals surface area contributed by atoms with Gasteiger partial charge >= 0.3 is 0 Å². The van der Waals surface area contributed by atoms with Crippen molar-refractivity contribution >= 4 is 5.91 Å². The Hall–Kier alpha value is -0.570. The molecule has 2 aliphatic rings. The zero-order valence-electron chi connectivity index (χ0n) is 9.24. The topological polar surface area (TPSA) is 49.3 Å². The smallest absolute Gasteiger partial charge is 0.220 e. The Morgan fingerprint density at radius 3 is 2.60 bits per heavy atom. The molecule has 2 atom stereocenters. The Balaban J connectivity index is 1.65. The number of hydrogen-bond acceptors (Lipinski definition) is 2. The van der Waals surface area contributed by atoms with Gasteiger partial charge in [0.1, 0.15) is 0 Å². The molecular weight excluding hydrogens is 190 g/mol. The summed E-state index contributed by atoms with van der Waals surface area (Å²) in [4.78, 5) is 11.5. The fourth-order valence-corrected chi connectivity index (χ4v) is 2.52. The number of carbonyl (C=O) groups is 1. The second-order valence-corrected chi connectivity index (χ2v) is 5.09. The van der Waals surface area contributed by atoms with E-state index in [9.17, 15) is 4.79 Å². The van der Waals surface area contributed by atoms with Crippen molar-refractivity contribution in [2.75, 3.05) is 13.2 Å². The fourth-order valence-electron chi connectivity index (χ4n) is 2.52. The summed E-state index contributed by atoms with van der Waals surface area (Å²) >= 11 is 0. The van der Waals surface area contributed by atoms with Gasteiger partial charge in [-0.2, -0.15) is 0 Å². The highest BCUT2D eigenvalue weighted by Gasteiger charge is 2.28. The summed E-state index contributed by atoms with van der Waals surface area (Å²) in [5.41, 5.74) is 0. The molecule has 0 bridgehead atoms. The van der Waals surface area contributed by atoms with Gasteiger partial charge in [0.2, 0.25) is 5.91 Å². The Morgan fingerprint density at radius 1 is 1.20 bits per heavy atom. The Morgan fingerprint density at radius 2 is 1.93 bits per heavy atom. The van der Waals surface area contributed by atoms with Crippen molar-refractivity contribution in [1.82, 2.24) is 5.32 Å². The average molecular weight is 211 g/mol. The first-order valence-electron chi connectivity index (χ1n) is 6.17. The number of aliphatic hydroxyl groups is 1. The second-order valence-electron chi connectivity index (χ2n) is 5.09. The molecule has 3 heteroatoms. The van der Waals surface area contributed by atoms with Gasteiger partial charge in [0.15, 0.2) is 0 Å². The van der Waals surface area contributed by atoms with E-state index in [0.29, 0.717) is 17.8 Å². The molecule has 0 aromatic heterocycles. The third-order valence-corrected chi connectivity index (χ3v) is 3.78. The maximum atomic E-state index is 11.5. The van der Waals surface area contributed by atoms with Gasteiger partial charge in [0.05, 0.1) is 0 Å². The normalized spacial score (nSPS) is 30.5. The zero-order chi connectivity index (χ0) is 10.7. The molecule has 15 heavy (non-hydrogen) atoms. The highest BCUT2D eigenvalue weighted by molar-refractivity contribution is 5.76. The van der Waals surface area contributed by atoms with Gasteiger partial charge in [0.25, 0.3) is 0 Å². The molecule has 1 amide bonds. The summed E-state index contributed by atoms with van der Waals surface area (Å²) in [5.74, 6) is 1.81.